The molecule has 0 bridgehead atoms. The molecule has 5 heteroatoms. The first kappa shape index (κ1) is 14.3. The summed E-state index contributed by atoms with van der Waals surface area (Å²) in [6.45, 7) is 0.463. The Labute approximate surface area is 111 Å². The summed E-state index contributed by atoms with van der Waals surface area (Å²) in [6, 6.07) is 5.80. The zero-order chi connectivity index (χ0) is 13.9. The van der Waals surface area contributed by atoms with Gasteiger partial charge in [0, 0.05) is 19.7 Å². The molecule has 2 unspecified atom stereocenters. The van der Waals surface area contributed by atoms with Crippen molar-refractivity contribution in [1.82, 2.24) is 5.32 Å². The lowest BCUT2D eigenvalue weighted by Gasteiger charge is -2.14. The summed E-state index contributed by atoms with van der Waals surface area (Å²) in [5, 5.41) is 3.29. The summed E-state index contributed by atoms with van der Waals surface area (Å²) < 4.78 is 43.0. The fourth-order valence-corrected chi connectivity index (χ4v) is 2.46. The van der Waals surface area contributed by atoms with Crippen molar-refractivity contribution in [3.63, 3.8) is 0 Å². The number of halogens is 3. The number of hydrogen-bond donors (Lipinski definition) is 1. The quantitative estimate of drug-likeness (QED) is 0.908. The highest BCUT2D eigenvalue weighted by molar-refractivity contribution is 5.25. The van der Waals surface area contributed by atoms with Gasteiger partial charge >= 0.3 is 6.18 Å². The van der Waals surface area contributed by atoms with Crippen molar-refractivity contribution < 1.29 is 17.9 Å². The number of methoxy groups -OCH3 is 1. The van der Waals surface area contributed by atoms with Crippen LogP contribution in [0.5, 0.6) is 0 Å². The number of rotatable bonds is 4. The molecule has 106 valence electrons. The Hall–Kier alpha value is -1.07. The molecule has 0 aromatic heterocycles. The molecule has 1 aliphatic rings. The molecule has 2 rings (SSSR count). The SMILES string of the molecule is COC1CCC(NCc2cccc(C(F)(F)F)c2)C1. The van der Waals surface area contributed by atoms with E-state index in [1.54, 1.807) is 13.2 Å². The maximum Gasteiger partial charge on any atom is 0.416 e. The van der Waals surface area contributed by atoms with Gasteiger partial charge in [-0.1, -0.05) is 18.2 Å². The average Bonchev–Trinajstić information content (AvgIpc) is 2.84. The molecule has 0 heterocycles. The predicted molar refractivity (Wildman–Crippen MR) is 66.7 cm³/mol. The van der Waals surface area contributed by atoms with Gasteiger partial charge in [-0.3, -0.25) is 0 Å². The molecule has 2 atom stereocenters. The van der Waals surface area contributed by atoms with E-state index < -0.39 is 11.7 Å². The number of nitrogens with one attached hydrogen (secondary N) is 1. The summed E-state index contributed by atoms with van der Waals surface area (Å²) >= 11 is 0. The van der Waals surface area contributed by atoms with Gasteiger partial charge in [-0.05, 0) is 30.9 Å². The normalized spacial score (nSPS) is 23.8. The molecule has 1 N–H and O–H groups in total. The smallest absolute Gasteiger partial charge is 0.381 e. The van der Waals surface area contributed by atoms with Crippen LogP contribution < -0.4 is 5.32 Å². The number of ether oxygens (including phenoxy) is 1. The number of hydrogen-bond acceptors (Lipinski definition) is 2. The molecule has 0 saturated heterocycles. The fraction of sp³-hybridized carbons (Fsp3) is 0.571. The highest BCUT2D eigenvalue weighted by atomic mass is 19.4. The van der Waals surface area contributed by atoms with Crippen LogP contribution in [-0.2, 0) is 17.5 Å². The van der Waals surface area contributed by atoms with Crippen LogP contribution >= 0.6 is 0 Å². The number of benzene rings is 1. The van der Waals surface area contributed by atoms with Crippen LogP contribution in [0.1, 0.15) is 30.4 Å². The molecule has 2 nitrogen and oxygen atoms in total. The second-order valence-electron chi connectivity index (χ2n) is 4.95. The summed E-state index contributed by atoms with van der Waals surface area (Å²) in [5.74, 6) is 0. The third kappa shape index (κ3) is 3.94. The minimum atomic E-state index is -4.27. The third-order valence-electron chi connectivity index (χ3n) is 3.57. The Morgan fingerprint density at radius 1 is 1.32 bits per heavy atom. The van der Waals surface area contributed by atoms with E-state index in [0.29, 0.717) is 18.2 Å². The first-order valence-corrected chi connectivity index (χ1v) is 6.41. The van der Waals surface area contributed by atoms with Crippen molar-refractivity contribution in [3.8, 4) is 0 Å². The van der Waals surface area contributed by atoms with Crippen LogP contribution in [-0.4, -0.2) is 19.3 Å². The van der Waals surface area contributed by atoms with E-state index in [0.717, 1.165) is 25.3 Å². The van der Waals surface area contributed by atoms with Gasteiger partial charge in [0.15, 0.2) is 0 Å². The van der Waals surface area contributed by atoms with Gasteiger partial charge in [0.25, 0.3) is 0 Å². The molecule has 0 spiro atoms. The van der Waals surface area contributed by atoms with E-state index in [1.165, 1.54) is 12.1 Å². The van der Waals surface area contributed by atoms with Crippen LogP contribution in [0.15, 0.2) is 24.3 Å². The highest BCUT2D eigenvalue weighted by Crippen LogP contribution is 2.29. The van der Waals surface area contributed by atoms with E-state index in [9.17, 15) is 13.2 Å². The van der Waals surface area contributed by atoms with E-state index in [1.807, 2.05) is 0 Å². The van der Waals surface area contributed by atoms with Gasteiger partial charge in [0.05, 0.1) is 11.7 Å². The Morgan fingerprint density at radius 2 is 2.11 bits per heavy atom. The lowest BCUT2D eigenvalue weighted by Crippen LogP contribution is -2.26. The Bertz CT molecular complexity index is 419. The summed E-state index contributed by atoms with van der Waals surface area (Å²) in [4.78, 5) is 0. The van der Waals surface area contributed by atoms with Crippen LogP contribution in [0.4, 0.5) is 13.2 Å². The maximum atomic E-state index is 12.6. The van der Waals surface area contributed by atoms with E-state index in [-0.39, 0.29) is 6.10 Å². The van der Waals surface area contributed by atoms with Crippen molar-refractivity contribution in [1.29, 1.82) is 0 Å². The predicted octanol–water partition coefficient (Wildman–Crippen LogP) is 3.36. The van der Waals surface area contributed by atoms with Crippen molar-refractivity contribution >= 4 is 0 Å². The monoisotopic (exact) mass is 273 g/mol. The zero-order valence-corrected chi connectivity index (χ0v) is 10.8. The standard InChI is InChI=1S/C14H18F3NO/c1-19-13-6-5-12(8-13)18-9-10-3-2-4-11(7-10)14(15,16)17/h2-4,7,12-13,18H,5-6,8-9H2,1H3. The van der Waals surface area contributed by atoms with Gasteiger partial charge in [-0.2, -0.15) is 13.2 Å². The second-order valence-corrected chi connectivity index (χ2v) is 4.95. The highest BCUT2D eigenvalue weighted by Gasteiger charge is 2.30. The van der Waals surface area contributed by atoms with Gasteiger partial charge in [-0.25, -0.2) is 0 Å². The molecule has 1 fully saturated rings. The third-order valence-corrected chi connectivity index (χ3v) is 3.57. The second kappa shape index (κ2) is 5.92. The maximum absolute atomic E-state index is 12.6. The topological polar surface area (TPSA) is 21.3 Å². The van der Waals surface area contributed by atoms with E-state index in [4.69, 9.17) is 4.74 Å². The molecule has 1 saturated carbocycles. The Balaban J connectivity index is 1.90. The molecule has 1 aliphatic carbocycles. The largest absolute Gasteiger partial charge is 0.416 e. The molecule has 0 radical (unpaired) electrons. The summed E-state index contributed by atoms with van der Waals surface area (Å²) in [5.41, 5.74) is 0.0729. The van der Waals surface area contributed by atoms with Crippen molar-refractivity contribution in [2.45, 2.75) is 44.1 Å². The Morgan fingerprint density at radius 3 is 2.74 bits per heavy atom. The lowest BCUT2D eigenvalue weighted by atomic mass is 10.1. The van der Waals surface area contributed by atoms with Crippen LogP contribution in [0, 0.1) is 0 Å². The summed E-state index contributed by atoms with van der Waals surface area (Å²) in [6.07, 6.45) is -1.05. The minimum Gasteiger partial charge on any atom is -0.381 e. The first-order valence-electron chi connectivity index (χ1n) is 6.41. The van der Waals surface area contributed by atoms with Gasteiger partial charge in [0.1, 0.15) is 0 Å². The fourth-order valence-electron chi connectivity index (χ4n) is 2.46. The minimum absolute atomic E-state index is 0.277. The van der Waals surface area contributed by atoms with Gasteiger partial charge in [0.2, 0.25) is 0 Å². The van der Waals surface area contributed by atoms with Crippen LogP contribution in [0.2, 0.25) is 0 Å². The van der Waals surface area contributed by atoms with Gasteiger partial charge in [-0.15, -0.1) is 0 Å². The van der Waals surface area contributed by atoms with E-state index >= 15 is 0 Å². The molecule has 1 aromatic rings. The van der Waals surface area contributed by atoms with Crippen LogP contribution in [0.25, 0.3) is 0 Å². The molecule has 0 amide bonds. The summed E-state index contributed by atoms with van der Waals surface area (Å²) in [7, 11) is 1.69. The molecular weight excluding hydrogens is 255 g/mol. The lowest BCUT2D eigenvalue weighted by molar-refractivity contribution is -0.137. The van der Waals surface area contributed by atoms with E-state index in [2.05, 4.69) is 5.32 Å². The molecule has 1 aromatic carbocycles. The molecule has 19 heavy (non-hydrogen) atoms. The van der Waals surface area contributed by atoms with Crippen molar-refractivity contribution in [2.24, 2.45) is 0 Å². The zero-order valence-electron chi connectivity index (χ0n) is 10.8. The van der Waals surface area contributed by atoms with Gasteiger partial charge < -0.3 is 10.1 Å². The first-order chi connectivity index (χ1) is 8.99. The van der Waals surface area contributed by atoms with Crippen LogP contribution in [0.3, 0.4) is 0 Å². The molecule has 0 aliphatic heterocycles. The number of alkyl halides is 3. The Kier molecular flexibility index (Phi) is 4.47. The van der Waals surface area contributed by atoms with Crippen molar-refractivity contribution in [2.75, 3.05) is 7.11 Å². The molecular formula is C14H18F3NO. The van der Waals surface area contributed by atoms with Crippen molar-refractivity contribution in [3.05, 3.63) is 35.4 Å². The average molecular weight is 273 g/mol.